The van der Waals surface area contributed by atoms with Gasteiger partial charge in [0, 0.05) is 30.6 Å². The summed E-state index contributed by atoms with van der Waals surface area (Å²) in [5, 5.41) is 3.20. The van der Waals surface area contributed by atoms with Gasteiger partial charge in [-0.05, 0) is 92.6 Å². The largest absolute Gasteiger partial charge is 0.339 e. The summed E-state index contributed by atoms with van der Waals surface area (Å²) in [6.45, 7) is 7.88. The number of para-hydroxylation sites is 1. The molecule has 1 aromatic carbocycles. The number of hydrogen-bond donors (Lipinski definition) is 1. The number of fused-ring (bicyclic) bond motifs is 5. The molecule has 4 heteroatoms. The Labute approximate surface area is 187 Å². The zero-order chi connectivity index (χ0) is 21.8. The lowest BCUT2D eigenvalue weighted by atomic mass is 9.47. The minimum absolute atomic E-state index is 0.109. The average molecular weight is 423 g/mol. The van der Waals surface area contributed by atoms with Crippen LogP contribution in [0, 0.1) is 34.5 Å². The van der Waals surface area contributed by atoms with E-state index in [1.54, 1.807) is 0 Å². The maximum absolute atomic E-state index is 13.3. The molecule has 1 saturated heterocycles. The minimum atomic E-state index is 0.109. The van der Waals surface area contributed by atoms with E-state index in [9.17, 15) is 9.59 Å². The number of hydrogen-bond acceptors (Lipinski definition) is 2. The van der Waals surface area contributed by atoms with Gasteiger partial charge in [-0.15, -0.1) is 0 Å². The third-order valence-corrected chi connectivity index (χ3v) is 10.1. The first-order valence-corrected chi connectivity index (χ1v) is 12.5. The quantitative estimate of drug-likeness (QED) is 0.700. The van der Waals surface area contributed by atoms with Crippen molar-refractivity contribution in [3.8, 4) is 0 Å². The van der Waals surface area contributed by atoms with Gasteiger partial charge in [-0.1, -0.05) is 32.0 Å². The fourth-order valence-electron chi connectivity index (χ4n) is 8.57. The Morgan fingerprint density at radius 2 is 1.74 bits per heavy atom. The van der Waals surface area contributed by atoms with Gasteiger partial charge in [0.15, 0.2) is 0 Å². The van der Waals surface area contributed by atoms with Crippen LogP contribution >= 0.6 is 0 Å². The zero-order valence-electron chi connectivity index (χ0n) is 19.4. The Kier molecular flexibility index (Phi) is 5.18. The van der Waals surface area contributed by atoms with Gasteiger partial charge in [0.25, 0.3) is 0 Å². The van der Waals surface area contributed by atoms with E-state index in [4.69, 9.17) is 0 Å². The highest BCUT2D eigenvalue weighted by molar-refractivity contribution is 5.93. The molecule has 1 aromatic rings. The molecule has 7 atom stereocenters. The number of benzene rings is 1. The summed E-state index contributed by atoms with van der Waals surface area (Å²) in [4.78, 5) is 28.0. The van der Waals surface area contributed by atoms with Gasteiger partial charge in [0.2, 0.25) is 11.8 Å². The molecular weight excluding hydrogens is 384 g/mol. The van der Waals surface area contributed by atoms with E-state index in [0.717, 1.165) is 37.9 Å². The molecule has 0 spiro atoms. The fourth-order valence-corrected chi connectivity index (χ4v) is 8.57. The van der Waals surface area contributed by atoms with Crippen LogP contribution in [-0.4, -0.2) is 29.3 Å². The number of rotatable bonds is 3. The Bertz CT molecular complexity index is 854. The predicted molar refractivity (Wildman–Crippen MR) is 123 cm³/mol. The molecule has 2 amide bonds. The summed E-state index contributed by atoms with van der Waals surface area (Å²) < 4.78 is 0. The molecule has 1 heterocycles. The van der Waals surface area contributed by atoms with Crippen molar-refractivity contribution in [1.29, 1.82) is 0 Å². The summed E-state index contributed by atoms with van der Waals surface area (Å²) in [6, 6.07) is 10.3. The second-order valence-electron chi connectivity index (χ2n) is 11.2. The van der Waals surface area contributed by atoms with Crippen molar-refractivity contribution < 1.29 is 9.59 Å². The average Bonchev–Trinajstić information content (AvgIpc) is 3.12. The molecule has 5 rings (SSSR count). The molecule has 168 valence electrons. The highest BCUT2D eigenvalue weighted by atomic mass is 16.2. The van der Waals surface area contributed by atoms with Crippen molar-refractivity contribution in [2.24, 2.45) is 34.5 Å². The number of carbonyl (C=O) groups is 2. The molecule has 0 radical (unpaired) electrons. The summed E-state index contributed by atoms with van der Waals surface area (Å²) in [7, 11) is 0. The van der Waals surface area contributed by atoms with E-state index in [2.05, 4.69) is 31.0 Å². The monoisotopic (exact) mass is 422 g/mol. The second kappa shape index (κ2) is 7.64. The number of likely N-dealkylation sites (tertiary alicyclic amines) is 1. The van der Waals surface area contributed by atoms with E-state index < -0.39 is 0 Å². The number of carbonyl (C=O) groups excluding carboxylic acids is 2. The SMILES string of the molecule is CCN1C(=O)CC[C@]2(C)[C@H]3CC[C@]4(C)[C@@H](C(=O)Nc5ccccc5)CC[C@H]4[C@@H]3CC[C@@H]12. The first kappa shape index (κ1) is 21.0. The third kappa shape index (κ3) is 3.15. The fraction of sp³-hybridized carbons (Fsp3) is 0.704. The molecular formula is C27H38N2O2. The van der Waals surface area contributed by atoms with Crippen LogP contribution in [0.5, 0.6) is 0 Å². The Hall–Kier alpha value is -1.84. The molecule has 1 aliphatic heterocycles. The maximum atomic E-state index is 13.3. The smallest absolute Gasteiger partial charge is 0.228 e. The number of anilines is 1. The molecule has 3 saturated carbocycles. The van der Waals surface area contributed by atoms with Crippen LogP contribution in [-0.2, 0) is 9.59 Å². The van der Waals surface area contributed by atoms with E-state index in [1.807, 2.05) is 30.3 Å². The van der Waals surface area contributed by atoms with E-state index in [1.165, 1.54) is 19.3 Å². The Balaban J connectivity index is 1.36. The topological polar surface area (TPSA) is 49.4 Å². The van der Waals surface area contributed by atoms with Crippen LogP contribution in [0.2, 0.25) is 0 Å². The van der Waals surface area contributed by atoms with E-state index in [0.29, 0.717) is 36.1 Å². The zero-order valence-corrected chi connectivity index (χ0v) is 19.4. The summed E-state index contributed by atoms with van der Waals surface area (Å²) in [5.74, 6) is 2.74. The summed E-state index contributed by atoms with van der Waals surface area (Å²) >= 11 is 0. The van der Waals surface area contributed by atoms with Gasteiger partial charge in [0.1, 0.15) is 0 Å². The van der Waals surface area contributed by atoms with Crippen molar-refractivity contribution in [2.45, 2.75) is 78.2 Å². The number of nitrogens with zero attached hydrogens (tertiary/aromatic N) is 1. The predicted octanol–water partition coefficient (Wildman–Crippen LogP) is 5.49. The highest BCUT2D eigenvalue weighted by Gasteiger charge is 2.62. The first-order valence-electron chi connectivity index (χ1n) is 12.5. The molecule has 0 aromatic heterocycles. The molecule has 0 bridgehead atoms. The molecule has 0 unspecified atom stereocenters. The van der Waals surface area contributed by atoms with Crippen LogP contribution in [0.25, 0.3) is 0 Å². The standard InChI is InChI=1S/C27H38N2O2/c1-4-29-23-13-10-19-20-11-12-22(25(31)28-18-8-6-5-7-9-18)26(20,2)16-14-21(19)27(23,3)17-15-24(29)30/h5-9,19-23H,4,10-17H2,1-3H3,(H,28,31)/t19-,20-,21-,22+,23+,26-,27+/m0/s1. The van der Waals surface area contributed by atoms with Crippen LogP contribution < -0.4 is 5.32 Å². The summed E-state index contributed by atoms with van der Waals surface area (Å²) in [5.41, 5.74) is 1.27. The second-order valence-corrected chi connectivity index (χ2v) is 11.2. The van der Waals surface area contributed by atoms with Gasteiger partial charge in [-0.25, -0.2) is 0 Å². The highest BCUT2D eigenvalue weighted by Crippen LogP contribution is 2.66. The maximum Gasteiger partial charge on any atom is 0.228 e. The van der Waals surface area contributed by atoms with Crippen molar-refractivity contribution in [3.05, 3.63) is 30.3 Å². The van der Waals surface area contributed by atoms with E-state index >= 15 is 0 Å². The van der Waals surface area contributed by atoms with Crippen LogP contribution in [0.15, 0.2) is 30.3 Å². The van der Waals surface area contributed by atoms with Crippen LogP contribution in [0.1, 0.15) is 72.1 Å². The first-order chi connectivity index (χ1) is 14.9. The van der Waals surface area contributed by atoms with Crippen LogP contribution in [0.3, 0.4) is 0 Å². The van der Waals surface area contributed by atoms with Gasteiger partial charge < -0.3 is 10.2 Å². The molecule has 3 aliphatic carbocycles. The lowest BCUT2D eigenvalue weighted by Gasteiger charge is -2.62. The van der Waals surface area contributed by atoms with Gasteiger partial charge >= 0.3 is 0 Å². The van der Waals surface area contributed by atoms with Crippen molar-refractivity contribution in [3.63, 3.8) is 0 Å². The third-order valence-electron chi connectivity index (χ3n) is 10.1. The van der Waals surface area contributed by atoms with Crippen LogP contribution in [0.4, 0.5) is 5.69 Å². The lowest BCUT2D eigenvalue weighted by molar-refractivity contribution is -0.161. The molecule has 4 nitrogen and oxygen atoms in total. The number of nitrogens with one attached hydrogen (secondary N) is 1. The number of piperidine rings is 1. The van der Waals surface area contributed by atoms with Gasteiger partial charge in [-0.3, -0.25) is 9.59 Å². The molecule has 31 heavy (non-hydrogen) atoms. The van der Waals surface area contributed by atoms with Crippen molar-refractivity contribution >= 4 is 17.5 Å². The lowest BCUT2D eigenvalue weighted by Crippen LogP contribution is -2.62. The number of amides is 2. The minimum Gasteiger partial charge on any atom is -0.339 e. The summed E-state index contributed by atoms with van der Waals surface area (Å²) in [6.07, 6.45) is 8.69. The van der Waals surface area contributed by atoms with Gasteiger partial charge in [-0.2, -0.15) is 0 Å². The molecule has 1 N–H and O–H groups in total. The molecule has 4 fully saturated rings. The van der Waals surface area contributed by atoms with Crippen molar-refractivity contribution in [2.75, 3.05) is 11.9 Å². The Morgan fingerprint density at radius 3 is 2.48 bits per heavy atom. The van der Waals surface area contributed by atoms with Gasteiger partial charge in [0.05, 0.1) is 0 Å². The Morgan fingerprint density at radius 1 is 1.00 bits per heavy atom. The molecule has 4 aliphatic rings. The van der Waals surface area contributed by atoms with Crippen molar-refractivity contribution in [1.82, 2.24) is 4.90 Å². The van der Waals surface area contributed by atoms with E-state index in [-0.39, 0.29) is 22.7 Å². The normalized spacial score (nSPS) is 41.8.